The number of aliphatic hydroxyl groups excluding tert-OH is 1. The summed E-state index contributed by atoms with van der Waals surface area (Å²) in [6.45, 7) is 0.523. The van der Waals surface area contributed by atoms with E-state index in [0.717, 1.165) is 17.7 Å². The first-order valence-electron chi connectivity index (χ1n) is 6.74. The SMILES string of the molecule is COC(=O)CC(Cc1ccc(N(C)C)cc1)NCCO. The van der Waals surface area contributed by atoms with E-state index in [9.17, 15) is 4.79 Å². The molecule has 0 radical (unpaired) electrons. The number of methoxy groups -OCH3 is 1. The predicted octanol–water partition coefficient (Wildman–Crippen LogP) is 0.809. The Hall–Kier alpha value is -1.59. The Labute approximate surface area is 120 Å². The average Bonchev–Trinajstić information content (AvgIpc) is 2.45. The Balaban J connectivity index is 2.65. The van der Waals surface area contributed by atoms with Crippen molar-refractivity contribution in [1.29, 1.82) is 0 Å². The highest BCUT2D eigenvalue weighted by atomic mass is 16.5. The van der Waals surface area contributed by atoms with Crippen LogP contribution in [-0.2, 0) is 16.0 Å². The summed E-state index contributed by atoms with van der Waals surface area (Å²) >= 11 is 0. The van der Waals surface area contributed by atoms with Gasteiger partial charge in [0.2, 0.25) is 0 Å². The highest BCUT2D eigenvalue weighted by Crippen LogP contribution is 2.14. The molecule has 0 heterocycles. The van der Waals surface area contributed by atoms with Crippen molar-refractivity contribution < 1.29 is 14.6 Å². The van der Waals surface area contributed by atoms with E-state index >= 15 is 0 Å². The van der Waals surface area contributed by atoms with Crippen LogP contribution in [0, 0.1) is 0 Å². The summed E-state index contributed by atoms with van der Waals surface area (Å²) in [6.07, 6.45) is 1.02. The molecule has 20 heavy (non-hydrogen) atoms. The van der Waals surface area contributed by atoms with E-state index in [0.29, 0.717) is 13.0 Å². The van der Waals surface area contributed by atoms with Gasteiger partial charge in [0.1, 0.15) is 0 Å². The molecule has 0 saturated heterocycles. The van der Waals surface area contributed by atoms with Gasteiger partial charge in [-0.3, -0.25) is 4.79 Å². The third-order valence-corrected chi connectivity index (χ3v) is 3.12. The van der Waals surface area contributed by atoms with Crippen molar-refractivity contribution in [1.82, 2.24) is 5.32 Å². The second kappa shape index (κ2) is 8.55. The minimum absolute atomic E-state index is 0.0280. The maximum absolute atomic E-state index is 11.4. The van der Waals surface area contributed by atoms with Gasteiger partial charge in [-0.05, 0) is 24.1 Å². The highest BCUT2D eigenvalue weighted by Gasteiger charge is 2.14. The molecule has 0 aliphatic carbocycles. The number of carbonyl (C=O) groups excluding carboxylic acids is 1. The van der Waals surface area contributed by atoms with Gasteiger partial charge >= 0.3 is 5.97 Å². The monoisotopic (exact) mass is 280 g/mol. The molecule has 1 unspecified atom stereocenters. The molecule has 0 spiro atoms. The fourth-order valence-corrected chi connectivity index (χ4v) is 1.98. The zero-order valence-corrected chi connectivity index (χ0v) is 12.4. The Morgan fingerprint density at radius 2 is 2.00 bits per heavy atom. The normalized spacial score (nSPS) is 12.0. The van der Waals surface area contributed by atoms with E-state index in [1.54, 1.807) is 0 Å². The minimum Gasteiger partial charge on any atom is -0.469 e. The van der Waals surface area contributed by atoms with Crippen LogP contribution in [0.5, 0.6) is 0 Å². The van der Waals surface area contributed by atoms with Gasteiger partial charge in [-0.2, -0.15) is 0 Å². The minimum atomic E-state index is -0.245. The predicted molar refractivity (Wildman–Crippen MR) is 80.0 cm³/mol. The quantitative estimate of drug-likeness (QED) is 0.690. The van der Waals surface area contributed by atoms with E-state index in [2.05, 4.69) is 29.6 Å². The van der Waals surface area contributed by atoms with E-state index in [-0.39, 0.29) is 18.6 Å². The molecule has 0 bridgehead atoms. The Morgan fingerprint density at radius 1 is 1.35 bits per heavy atom. The number of nitrogens with one attached hydrogen (secondary N) is 1. The number of esters is 1. The number of nitrogens with zero attached hydrogens (tertiary/aromatic N) is 1. The van der Waals surface area contributed by atoms with E-state index in [1.807, 2.05) is 19.0 Å². The maximum Gasteiger partial charge on any atom is 0.307 e. The molecule has 0 fully saturated rings. The van der Waals surface area contributed by atoms with E-state index < -0.39 is 0 Å². The first-order chi connectivity index (χ1) is 9.56. The molecule has 1 aromatic rings. The Kier molecular flexibility index (Phi) is 7.04. The zero-order chi connectivity index (χ0) is 15.0. The summed E-state index contributed by atoms with van der Waals surface area (Å²) in [4.78, 5) is 13.4. The van der Waals surface area contributed by atoms with Crippen LogP contribution in [0.2, 0.25) is 0 Å². The first kappa shape index (κ1) is 16.5. The molecule has 0 aliphatic heterocycles. The van der Waals surface area contributed by atoms with Gasteiger partial charge in [-0.15, -0.1) is 0 Å². The topological polar surface area (TPSA) is 61.8 Å². The van der Waals surface area contributed by atoms with Crippen molar-refractivity contribution in [2.75, 3.05) is 39.3 Å². The molecule has 0 aliphatic rings. The molecule has 1 rings (SSSR count). The number of rotatable bonds is 8. The summed E-state index contributed by atoms with van der Waals surface area (Å²) in [5, 5.41) is 12.0. The smallest absolute Gasteiger partial charge is 0.307 e. The Morgan fingerprint density at radius 3 is 2.50 bits per heavy atom. The number of ether oxygens (including phenoxy) is 1. The van der Waals surface area contributed by atoms with Crippen molar-refractivity contribution in [2.45, 2.75) is 18.9 Å². The van der Waals surface area contributed by atoms with Gasteiger partial charge in [-0.25, -0.2) is 0 Å². The highest BCUT2D eigenvalue weighted by molar-refractivity contribution is 5.70. The second-order valence-electron chi connectivity index (χ2n) is 4.92. The van der Waals surface area contributed by atoms with Crippen LogP contribution in [0.15, 0.2) is 24.3 Å². The van der Waals surface area contributed by atoms with Gasteiger partial charge in [0.05, 0.1) is 20.1 Å². The summed E-state index contributed by atoms with van der Waals surface area (Å²) in [7, 11) is 5.38. The lowest BCUT2D eigenvalue weighted by atomic mass is 10.0. The number of hydrogen-bond donors (Lipinski definition) is 2. The number of hydrogen-bond acceptors (Lipinski definition) is 5. The zero-order valence-electron chi connectivity index (χ0n) is 12.4. The van der Waals surface area contributed by atoms with Crippen molar-refractivity contribution >= 4 is 11.7 Å². The summed E-state index contributed by atoms with van der Waals surface area (Å²) in [6, 6.07) is 8.19. The van der Waals surface area contributed by atoms with Gasteiger partial charge in [-0.1, -0.05) is 12.1 Å². The van der Waals surface area contributed by atoms with Crippen molar-refractivity contribution in [3.63, 3.8) is 0 Å². The van der Waals surface area contributed by atoms with Crippen molar-refractivity contribution in [3.05, 3.63) is 29.8 Å². The fourth-order valence-electron chi connectivity index (χ4n) is 1.98. The van der Waals surface area contributed by atoms with Crippen molar-refractivity contribution in [3.8, 4) is 0 Å². The van der Waals surface area contributed by atoms with Gasteiger partial charge < -0.3 is 20.1 Å². The van der Waals surface area contributed by atoms with Crippen LogP contribution in [-0.4, -0.2) is 51.5 Å². The van der Waals surface area contributed by atoms with Crippen LogP contribution in [0.25, 0.3) is 0 Å². The molecule has 112 valence electrons. The molecule has 5 heteroatoms. The molecule has 1 aromatic carbocycles. The third kappa shape index (κ3) is 5.59. The maximum atomic E-state index is 11.4. The second-order valence-corrected chi connectivity index (χ2v) is 4.92. The van der Waals surface area contributed by atoms with Crippen LogP contribution in [0.1, 0.15) is 12.0 Å². The molecule has 5 nitrogen and oxygen atoms in total. The van der Waals surface area contributed by atoms with Gasteiger partial charge in [0.25, 0.3) is 0 Å². The van der Waals surface area contributed by atoms with Crippen LogP contribution < -0.4 is 10.2 Å². The van der Waals surface area contributed by atoms with Crippen molar-refractivity contribution in [2.24, 2.45) is 0 Å². The average molecular weight is 280 g/mol. The number of aliphatic hydroxyl groups is 1. The lowest BCUT2D eigenvalue weighted by Gasteiger charge is -2.18. The first-order valence-corrected chi connectivity index (χ1v) is 6.74. The standard InChI is InChI=1S/C15H24N2O3/c1-17(2)14-6-4-12(5-7-14)10-13(16-8-9-18)11-15(19)20-3/h4-7,13,16,18H,8-11H2,1-3H3. The summed E-state index contributed by atoms with van der Waals surface area (Å²) in [5.41, 5.74) is 2.29. The summed E-state index contributed by atoms with van der Waals surface area (Å²) < 4.78 is 4.70. The Bertz CT molecular complexity index is 404. The third-order valence-electron chi connectivity index (χ3n) is 3.12. The molecule has 0 amide bonds. The largest absolute Gasteiger partial charge is 0.469 e. The number of anilines is 1. The fraction of sp³-hybridized carbons (Fsp3) is 0.533. The lowest BCUT2D eigenvalue weighted by molar-refractivity contribution is -0.141. The molecule has 1 atom stereocenters. The van der Waals surface area contributed by atoms with Crippen LogP contribution in [0.4, 0.5) is 5.69 Å². The lowest BCUT2D eigenvalue weighted by Crippen LogP contribution is -2.35. The molecular formula is C15H24N2O3. The molecular weight excluding hydrogens is 256 g/mol. The van der Waals surface area contributed by atoms with Gasteiger partial charge in [0.15, 0.2) is 0 Å². The number of benzene rings is 1. The molecule has 2 N–H and O–H groups in total. The van der Waals surface area contributed by atoms with E-state index in [4.69, 9.17) is 9.84 Å². The molecule has 0 aromatic heterocycles. The summed E-state index contributed by atoms with van der Waals surface area (Å²) in [5.74, 6) is -0.245. The number of carbonyl (C=O) groups is 1. The van der Waals surface area contributed by atoms with Crippen LogP contribution in [0.3, 0.4) is 0 Å². The molecule has 0 saturated carbocycles. The van der Waals surface area contributed by atoms with Crippen LogP contribution >= 0.6 is 0 Å². The van der Waals surface area contributed by atoms with E-state index in [1.165, 1.54) is 7.11 Å². The van der Waals surface area contributed by atoms with Gasteiger partial charge in [0, 0.05) is 32.4 Å².